The van der Waals surface area contributed by atoms with Crippen molar-refractivity contribution < 1.29 is 70.0 Å². The number of ether oxygens (including phenoxy) is 4. The molecule has 0 unspecified atom stereocenters. The van der Waals surface area contributed by atoms with Gasteiger partial charge < -0.3 is 70.0 Å². The van der Waals surface area contributed by atoms with Gasteiger partial charge in [0, 0.05) is 10.8 Å². The fourth-order valence-corrected chi connectivity index (χ4v) is 13.3. The van der Waals surface area contributed by atoms with Gasteiger partial charge >= 0.3 is 0 Å². The Kier molecular flexibility index (Phi) is 12.4. The van der Waals surface area contributed by atoms with Gasteiger partial charge in [-0.2, -0.15) is 0 Å². The first-order chi connectivity index (χ1) is 26.0. The summed E-state index contributed by atoms with van der Waals surface area (Å²) in [6.07, 6.45) is -8.00. The van der Waals surface area contributed by atoms with Crippen LogP contribution < -0.4 is 0 Å². The van der Waals surface area contributed by atoms with Crippen molar-refractivity contribution in [3.8, 4) is 0 Å². The Morgan fingerprint density at radius 3 is 1.84 bits per heavy atom. The van der Waals surface area contributed by atoms with E-state index in [1.54, 1.807) is 0 Å². The molecule has 4 aliphatic carbocycles. The zero-order chi connectivity index (χ0) is 41.6. The van der Waals surface area contributed by atoms with Crippen LogP contribution in [0.15, 0.2) is 11.6 Å². The number of hydrogen-bond donors (Lipinski definition) is 10. The lowest BCUT2D eigenvalue weighted by Gasteiger charge is -2.73. The van der Waals surface area contributed by atoms with E-state index in [1.165, 1.54) is 0 Å². The van der Waals surface area contributed by atoms with Gasteiger partial charge in [-0.1, -0.05) is 46.3 Å². The number of fused-ring (bicyclic) bond motifs is 5. The van der Waals surface area contributed by atoms with Crippen LogP contribution in [0.5, 0.6) is 0 Å². The van der Waals surface area contributed by atoms with Crippen LogP contribution in [0.4, 0.5) is 0 Å². The third-order valence-corrected chi connectivity index (χ3v) is 17.0. The molecule has 4 saturated carbocycles. The number of aliphatic hydroxyl groups excluding tert-OH is 9. The van der Waals surface area contributed by atoms with E-state index in [0.717, 1.165) is 18.4 Å². The molecular weight excluding hydrogens is 728 g/mol. The topological polar surface area (TPSA) is 239 Å². The second kappa shape index (κ2) is 15.6. The summed E-state index contributed by atoms with van der Waals surface area (Å²) >= 11 is 0. The number of rotatable bonds is 10. The van der Waals surface area contributed by atoms with Crippen molar-refractivity contribution in [2.24, 2.45) is 39.4 Å². The Morgan fingerprint density at radius 1 is 0.714 bits per heavy atom. The van der Waals surface area contributed by atoms with Gasteiger partial charge in [0.15, 0.2) is 12.6 Å². The summed E-state index contributed by atoms with van der Waals surface area (Å²) in [5, 5.41) is 109. The Morgan fingerprint density at radius 2 is 1.27 bits per heavy atom. The lowest BCUT2D eigenvalue weighted by molar-refractivity contribution is -0.356. The average Bonchev–Trinajstić information content (AvgIpc) is 3.53. The fraction of sp³-hybridized carbons (Fsp3) is 0.952. The molecule has 6 fully saturated rings. The molecule has 10 N–H and O–H groups in total. The SMILES string of the molecule is CC(C)=CCC[C@](C)(O[C@@H]1O[C@H](CO)[C@@H](O)[C@H](O)[C@H]1O)[C@H]1CC[C@]2(C)[C@@H]1[C@H](O)C[C@@H]1[C@@]3(C)CC[C@H](O[C@@H]4O[C@H](CO)[C@@H](O)[C@H](O)[C@H]4O)C(C)(C)[C@]3(O)CC[C@]12C. The molecule has 14 nitrogen and oxygen atoms in total. The van der Waals surface area contributed by atoms with Crippen LogP contribution in [0, 0.1) is 39.4 Å². The van der Waals surface area contributed by atoms with E-state index in [-0.39, 0.29) is 28.6 Å². The molecule has 6 rings (SSSR count). The van der Waals surface area contributed by atoms with E-state index in [9.17, 15) is 51.1 Å². The van der Waals surface area contributed by atoms with Crippen LogP contribution in [-0.4, -0.2) is 149 Å². The molecule has 0 amide bonds. The summed E-state index contributed by atoms with van der Waals surface area (Å²) in [6.45, 7) is 15.6. The van der Waals surface area contributed by atoms with Crippen molar-refractivity contribution in [1.29, 1.82) is 0 Å². The van der Waals surface area contributed by atoms with Crippen molar-refractivity contribution in [3.63, 3.8) is 0 Å². The minimum Gasteiger partial charge on any atom is -0.394 e. The van der Waals surface area contributed by atoms with Gasteiger partial charge in [0.1, 0.15) is 48.8 Å². The molecule has 0 spiro atoms. The van der Waals surface area contributed by atoms with E-state index in [2.05, 4.69) is 26.8 Å². The Labute approximate surface area is 331 Å². The van der Waals surface area contributed by atoms with Crippen LogP contribution in [0.2, 0.25) is 0 Å². The van der Waals surface area contributed by atoms with Gasteiger partial charge in [-0.05, 0) is 107 Å². The predicted octanol–water partition coefficient (Wildman–Crippen LogP) is 1.26. The van der Waals surface area contributed by atoms with E-state index in [0.29, 0.717) is 44.9 Å². The largest absolute Gasteiger partial charge is 0.394 e. The maximum absolute atomic E-state index is 13.1. The van der Waals surface area contributed by atoms with Crippen LogP contribution in [0.25, 0.3) is 0 Å². The van der Waals surface area contributed by atoms with Gasteiger partial charge in [0.05, 0.1) is 36.6 Å². The molecule has 0 radical (unpaired) electrons. The molecule has 6 aliphatic rings. The van der Waals surface area contributed by atoms with Gasteiger partial charge in [-0.15, -0.1) is 0 Å². The van der Waals surface area contributed by atoms with E-state index < -0.39 is 109 Å². The molecule has 0 aromatic rings. The van der Waals surface area contributed by atoms with Crippen LogP contribution in [0.1, 0.15) is 113 Å². The summed E-state index contributed by atoms with van der Waals surface area (Å²) in [5.41, 5.74) is -3.26. The second-order valence-electron chi connectivity index (χ2n) is 20.2. The zero-order valence-corrected chi connectivity index (χ0v) is 34.6. The lowest BCUT2D eigenvalue weighted by atomic mass is 9.33. The highest BCUT2D eigenvalue weighted by Crippen LogP contribution is 2.77. The molecule has 324 valence electrons. The first kappa shape index (κ1) is 44.7. The molecule has 2 saturated heterocycles. The highest BCUT2D eigenvalue weighted by molar-refractivity contribution is 5.24. The summed E-state index contributed by atoms with van der Waals surface area (Å²) in [7, 11) is 0. The van der Waals surface area contributed by atoms with Crippen LogP contribution in [-0.2, 0) is 18.9 Å². The summed E-state index contributed by atoms with van der Waals surface area (Å²) in [6, 6.07) is 0. The highest BCUT2D eigenvalue weighted by Gasteiger charge is 2.76. The second-order valence-corrected chi connectivity index (χ2v) is 20.2. The van der Waals surface area contributed by atoms with E-state index >= 15 is 0 Å². The van der Waals surface area contributed by atoms with Gasteiger partial charge in [0.25, 0.3) is 0 Å². The monoisotopic (exact) mass is 800 g/mol. The van der Waals surface area contributed by atoms with Gasteiger partial charge in [0.2, 0.25) is 0 Å². The molecule has 2 heterocycles. The van der Waals surface area contributed by atoms with Crippen LogP contribution in [0.3, 0.4) is 0 Å². The third kappa shape index (κ3) is 6.68. The van der Waals surface area contributed by atoms with Crippen molar-refractivity contribution in [3.05, 3.63) is 11.6 Å². The minimum absolute atomic E-state index is 0.0838. The lowest BCUT2D eigenvalue weighted by Crippen LogP contribution is -2.74. The molecular formula is C42H72O14. The van der Waals surface area contributed by atoms with Crippen molar-refractivity contribution in [1.82, 2.24) is 0 Å². The molecule has 20 atom stereocenters. The molecule has 0 aromatic heterocycles. The fourth-order valence-electron chi connectivity index (χ4n) is 13.3. The smallest absolute Gasteiger partial charge is 0.187 e. The van der Waals surface area contributed by atoms with Crippen molar-refractivity contribution >= 4 is 0 Å². The normalized spacial score (nSPS) is 52.6. The molecule has 14 heteroatoms. The van der Waals surface area contributed by atoms with Crippen molar-refractivity contribution in [2.45, 2.75) is 198 Å². The molecule has 56 heavy (non-hydrogen) atoms. The number of aliphatic hydroxyl groups is 10. The number of hydrogen-bond acceptors (Lipinski definition) is 14. The first-order valence-corrected chi connectivity index (χ1v) is 21.0. The maximum atomic E-state index is 13.1. The van der Waals surface area contributed by atoms with Gasteiger partial charge in [-0.3, -0.25) is 0 Å². The van der Waals surface area contributed by atoms with Gasteiger partial charge in [-0.25, -0.2) is 0 Å². The van der Waals surface area contributed by atoms with E-state index in [1.807, 2.05) is 34.6 Å². The standard InChI is InChI=1S/C42H72O14/c1-21(2)10-9-13-41(8,56-36-34(51)32(49)30(47)25(20-44)54-36)22-11-14-40(7)28(22)23(45)18-26-38(40,5)16-17-42(52)37(3,4)27(12-15-39(26,42)6)55-35-33(50)31(48)29(46)24(19-43)53-35/h10,22-36,43-52H,9,11-20H2,1-8H3/t22-,23+,24+,25+,26-,27-,28-,29+,30+,31-,32-,33+,34+,35-,36-,38+,39+,40+,41-,42+/m0/s1. The summed E-state index contributed by atoms with van der Waals surface area (Å²) in [5.74, 6) is -0.468. The molecule has 2 aliphatic heterocycles. The Hall–Kier alpha value is -0.820. The Balaban J connectivity index is 1.29. The summed E-state index contributed by atoms with van der Waals surface area (Å²) in [4.78, 5) is 0. The van der Waals surface area contributed by atoms with Crippen LogP contribution >= 0.6 is 0 Å². The van der Waals surface area contributed by atoms with Crippen molar-refractivity contribution in [2.75, 3.05) is 13.2 Å². The van der Waals surface area contributed by atoms with E-state index in [4.69, 9.17) is 18.9 Å². The molecule has 0 aromatic carbocycles. The maximum Gasteiger partial charge on any atom is 0.187 e. The first-order valence-electron chi connectivity index (χ1n) is 21.0. The zero-order valence-electron chi connectivity index (χ0n) is 34.6. The minimum atomic E-state index is -1.58. The highest BCUT2D eigenvalue weighted by atomic mass is 16.7. The molecule has 0 bridgehead atoms. The number of allylic oxidation sites excluding steroid dienone is 2. The predicted molar refractivity (Wildman–Crippen MR) is 202 cm³/mol. The third-order valence-electron chi connectivity index (χ3n) is 17.0. The summed E-state index contributed by atoms with van der Waals surface area (Å²) < 4.78 is 24.8. The quantitative estimate of drug-likeness (QED) is 0.111. The Bertz CT molecular complexity index is 1420. The average molecular weight is 801 g/mol.